The highest BCUT2D eigenvalue weighted by molar-refractivity contribution is 6.30. The predicted molar refractivity (Wildman–Crippen MR) is 95.2 cm³/mol. The number of halogens is 1. The molecule has 5 heteroatoms. The molecule has 0 bridgehead atoms. The molecule has 0 radical (unpaired) electrons. The maximum atomic E-state index is 11.3. The maximum Gasteiger partial charge on any atom is 0.307 e. The molecule has 0 aliphatic carbocycles. The van der Waals surface area contributed by atoms with Crippen molar-refractivity contribution in [2.24, 2.45) is 0 Å². The summed E-state index contributed by atoms with van der Waals surface area (Å²) in [4.78, 5) is 14.5. The van der Waals surface area contributed by atoms with Gasteiger partial charge < -0.3 is 14.8 Å². The van der Waals surface area contributed by atoms with Crippen molar-refractivity contribution in [2.45, 2.75) is 19.8 Å². The molecule has 0 fully saturated rings. The number of hydrogen-bond acceptors (Lipinski definition) is 2. The van der Waals surface area contributed by atoms with Crippen LogP contribution in [0.4, 0.5) is 0 Å². The zero-order valence-electron chi connectivity index (χ0n) is 13.5. The van der Waals surface area contributed by atoms with Crippen LogP contribution in [-0.2, 0) is 17.6 Å². The van der Waals surface area contributed by atoms with Gasteiger partial charge in [0.05, 0.1) is 13.5 Å². The molecule has 24 heavy (non-hydrogen) atoms. The Hall–Kier alpha value is -2.46. The van der Waals surface area contributed by atoms with Crippen molar-refractivity contribution in [3.8, 4) is 5.75 Å². The zero-order valence-corrected chi connectivity index (χ0v) is 14.3. The van der Waals surface area contributed by atoms with Crippen LogP contribution < -0.4 is 4.74 Å². The molecule has 3 aromatic rings. The Morgan fingerprint density at radius 3 is 2.71 bits per heavy atom. The zero-order chi connectivity index (χ0) is 17.3. The number of H-pyrrole nitrogens is 1. The monoisotopic (exact) mass is 343 g/mol. The Bertz CT molecular complexity index is 914. The van der Waals surface area contributed by atoms with Crippen LogP contribution in [0.15, 0.2) is 36.4 Å². The molecule has 0 saturated carbocycles. The lowest BCUT2D eigenvalue weighted by Gasteiger charge is -2.12. The number of carbonyl (C=O) groups is 1. The van der Waals surface area contributed by atoms with Crippen LogP contribution in [-0.4, -0.2) is 23.2 Å². The summed E-state index contributed by atoms with van der Waals surface area (Å²) in [5.74, 6) is -0.108. The van der Waals surface area contributed by atoms with E-state index in [1.54, 1.807) is 7.11 Å². The van der Waals surface area contributed by atoms with E-state index in [-0.39, 0.29) is 6.42 Å². The van der Waals surface area contributed by atoms with Crippen molar-refractivity contribution in [3.05, 3.63) is 63.8 Å². The molecule has 0 spiro atoms. The van der Waals surface area contributed by atoms with Crippen molar-refractivity contribution < 1.29 is 14.6 Å². The number of aromatic amines is 1. The Labute approximate surface area is 145 Å². The number of benzene rings is 2. The molecule has 0 saturated heterocycles. The van der Waals surface area contributed by atoms with Gasteiger partial charge in [-0.1, -0.05) is 23.7 Å². The fourth-order valence-electron chi connectivity index (χ4n) is 3.13. The van der Waals surface area contributed by atoms with Crippen molar-refractivity contribution in [1.82, 2.24) is 4.98 Å². The van der Waals surface area contributed by atoms with E-state index in [1.807, 2.05) is 43.3 Å². The summed E-state index contributed by atoms with van der Waals surface area (Å²) in [6, 6.07) is 11.5. The standard InChI is InChI=1S/C19H18ClNO3/c1-11-14(10-18(22)23)19-15(9-12-4-3-5-13(20)8-12)17(24-2)7-6-16(19)21-11/h3-8,21H,9-10H2,1-2H3,(H,22,23). The van der Waals surface area contributed by atoms with Crippen LogP contribution in [0.1, 0.15) is 22.4 Å². The minimum atomic E-state index is -0.851. The molecule has 0 atom stereocenters. The van der Waals surface area contributed by atoms with E-state index < -0.39 is 5.97 Å². The Kier molecular flexibility index (Phi) is 4.49. The van der Waals surface area contributed by atoms with E-state index in [2.05, 4.69) is 4.98 Å². The molecule has 2 N–H and O–H groups in total. The van der Waals surface area contributed by atoms with E-state index in [0.717, 1.165) is 39.0 Å². The number of aryl methyl sites for hydroxylation is 1. The van der Waals surface area contributed by atoms with Gasteiger partial charge in [0, 0.05) is 33.6 Å². The molecule has 2 aromatic carbocycles. The van der Waals surface area contributed by atoms with Gasteiger partial charge in [0.1, 0.15) is 5.75 Å². The van der Waals surface area contributed by atoms with Gasteiger partial charge in [-0.25, -0.2) is 0 Å². The number of carboxylic acids is 1. The summed E-state index contributed by atoms with van der Waals surface area (Å²) in [6.07, 6.45) is 0.590. The number of aliphatic carboxylic acids is 1. The van der Waals surface area contributed by atoms with Gasteiger partial charge in [-0.2, -0.15) is 0 Å². The van der Waals surface area contributed by atoms with Crippen LogP contribution in [0.5, 0.6) is 5.75 Å². The summed E-state index contributed by atoms with van der Waals surface area (Å²) in [5, 5.41) is 10.9. The molecule has 0 unspecified atom stereocenters. The lowest BCUT2D eigenvalue weighted by atomic mass is 9.96. The van der Waals surface area contributed by atoms with Crippen LogP contribution >= 0.6 is 11.6 Å². The predicted octanol–water partition coefficient (Wildman–Crippen LogP) is 4.36. The van der Waals surface area contributed by atoms with E-state index in [4.69, 9.17) is 16.3 Å². The number of rotatable bonds is 5. The summed E-state index contributed by atoms with van der Waals surface area (Å²) >= 11 is 6.09. The van der Waals surface area contributed by atoms with Crippen LogP contribution in [0.2, 0.25) is 5.02 Å². The van der Waals surface area contributed by atoms with Gasteiger partial charge in [-0.15, -0.1) is 0 Å². The second-order valence-electron chi connectivity index (χ2n) is 5.77. The van der Waals surface area contributed by atoms with Crippen molar-refractivity contribution >= 4 is 28.5 Å². The molecule has 0 amide bonds. The van der Waals surface area contributed by atoms with E-state index >= 15 is 0 Å². The molecule has 0 aliphatic rings. The molecular formula is C19H18ClNO3. The third-order valence-corrected chi connectivity index (χ3v) is 4.40. The second kappa shape index (κ2) is 6.57. The quantitative estimate of drug-likeness (QED) is 0.723. The smallest absolute Gasteiger partial charge is 0.307 e. The Morgan fingerprint density at radius 1 is 1.25 bits per heavy atom. The van der Waals surface area contributed by atoms with Crippen molar-refractivity contribution in [2.75, 3.05) is 7.11 Å². The molecule has 124 valence electrons. The fourth-order valence-corrected chi connectivity index (χ4v) is 3.35. The van der Waals surface area contributed by atoms with Gasteiger partial charge in [-0.05, 0) is 42.3 Å². The molecular weight excluding hydrogens is 326 g/mol. The molecule has 1 heterocycles. The fraction of sp³-hybridized carbons (Fsp3) is 0.211. The summed E-state index contributed by atoms with van der Waals surface area (Å²) in [5.41, 5.74) is 4.61. The third-order valence-electron chi connectivity index (χ3n) is 4.16. The number of nitrogens with one attached hydrogen (secondary N) is 1. The first-order valence-corrected chi connectivity index (χ1v) is 8.00. The topological polar surface area (TPSA) is 62.3 Å². The molecule has 0 aliphatic heterocycles. The Balaban J connectivity index is 2.21. The highest BCUT2D eigenvalue weighted by Crippen LogP contribution is 2.34. The number of aromatic nitrogens is 1. The first-order valence-electron chi connectivity index (χ1n) is 7.63. The summed E-state index contributed by atoms with van der Waals surface area (Å²) in [7, 11) is 1.62. The first-order chi connectivity index (χ1) is 11.5. The van der Waals surface area contributed by atoms with Gasteiger partial charge in [0.15, 0.2) is 0 Å². The van der Waals surface area contributed by atoms with E-state index in [1.165, 1.54) is 0 Å². The van der Waals surface area contributed by atoms with Crippen molar-refractivity contribution in [1.29, 1.82) is 0 Å². The number of hydrogen-bond donors (Lipinski definition) is 2. The first kappa shape index (κ1) is 16.4. The van der Waals surface area contributed by atoms with Crippen molar-refractivity contribution in [3.63, 3.8) is 0 Å². The average Bonchev–Trinajstić information content (AvgIpc) is 2.83. The van der Waals surface area contributed by atoms with Crippen LogP contribution in [0.25, 0.3) is 10.9 Å². The van der Waals surface area contributed by atoms with Crippen LogP contribution in [0.3, 0.4) is 0 Å². The molecule has 3 rings (SSSR count). The van der Waals surface area contributed by atoms with Gasteiger partial charge in [0.25, 0.3) is 0 Å². The molecule has 4 nitrogen and oxygen atoms in total. The third kappa shape index (κ3) is 3.10. The van der Waals surface area contributed by atoms with Gasteiger partial charge in [0.2, 0.25) is 0 Å². The summed E-state index contributed by atoms with van der Waals surface area (Å²) in [6.45, 7) is 1.90. The minimum Gasteiger partial charge on any atom is -0.496 e. The Morgan fingerprint density at radius 2 is 2.04 bits per heavy atom. The average molecular weight is 344 g/mol. The lowest BCUT2D eigenvalue weighted by Crippen LogP contribution is -2.02. The number of ether oxygens (including phenoxy) is 1. The normalized spacial score (nSPS) is 11.0. The van der Waals surface area contributed by atoms with E-state index in [9.17, 15) is 9.90 Å². The summed E-state index contributed by atoms with van der Waals surface area (Å²) < 4.78 is 5.53. The molecule has 1 aromatic heterocycles. The van der Waals surface area contributed by atoms with E-state index in [0.29, 0.717) is 11.4 Å². The number of methoxy groups -OCH3 is 1. The highest BCUT2D eigenvalue weighted by Gasteiger charge is 2.18. The van der Waals surface area contributed by atoms with Crippen LogP contribution in [0, 0.1) is 6.92 Å². The minimum absolute atomic E-state index is 0.0262. The lowest BCUT2D eigenvalue weighted by molar-refractivity contribution is -0.136. The largest absolute Gasteiger partial charge is 0.496 e. The van der Waals surface area contributed by atoms with Gasteiger partial charge >= 0.3 is 5.97 Å². The highest BCUT2D eigenvalue weighted by atomic mass is 35.5. The number of carboxylic acid groups (broad SMARTS) is 1. The SMILES string of the molecule is COc1ccc2[nH]c(C)c(CC(=O)O)c2c1Cc1cccc(Cl)c1. The second-order valence-corrected chi connectivity index (χ2v) is 6.21. The van der Waals surface area contributed by atoms with Gasteiger partial charge in [-0.3, -0.25) is 4.79 Å². The number of fused-ring (bicyclic) bond motifs is 1. The maximum absolute atomic E-state index is 11.3.